The van der Waals surface area contributed by atoms with Crippen LogP contribution in [-0.2, 0) is 21.3 Å². The normalized spacial score (nSPS) is 14.7. The number of carbonyl (C=O) groups is 1. The Morgan fingerprint density at radius 2 is 1.86 bits per heavy atom. The monoisotopic (exact) mass is 534 g/mol. The number of rotatable bonds is 4. The average Bonchev–Trinajstić information content (AvgIpc) is 3.55. The number of anilines is 1. The summed E-state index contributed by atoms with van der Waals surface area (Å²) in [6.45, 7) is 7.11. The summed E-state index contributed by atoms with van der Waals surface area (Å²) in [6.07, 6.45) is 6.72. The molecule has 1 aliphatic rings. The van der Waals surface area contributed by atoms with Crippen molar-refractivity contribution >= 4 is 33.3 Å². The zero-order valence-corrected chi connectivity index (χ0v) is 21.6. The van der Waals surface area contributed by atoms with Gasteiger partial charge in [0.15, 0.2) is 5.78 Å². The van der Waals surface area contributed by atoms with Crippen LogP contribution in [0.15, 0.2) is 48.4 Å². The Bertz CT molecular complexity index is 1360. The van der Waals surface area contributed by atoms with Crippen molar-refractivity contribution in [2.75, 3.05) is 18.0 Å². The van der Waals surface area contributed by atoms with Gasteiger partial charge in [-0.15, -0.1) is 31.9 Å². The van der Waals surface area contributed by atoms with Crippen LogP contribution in [0.2, 0.25) is 0 Å². The Balaban J connectivity index is 0.000000378. The fraction of sp³-hybridized carbons (Fsp3) is 0.333. The van der Waals surface area contributed by atoms with Gasteiger partial charge in [0.25, 0.3) is 0 Å². The van der Waals surface area contributed by atoms with E-state index in [4.69, 9.17) is 0 Å². The number of pyridine rings is 1. The fourth-order valence-corrected chi connectivity index (χ4v) is 4.97. The zero-order chi connectivity index (χ0) is 24.1. The van der Waals surface area contributed by atoms with Crippen LogP contribution in [-0.4, -0.2) is 49.1 Å². The Kier molecular flexibility index (Phi) is 9.06. The summed E-state index contributed by atoms with van der Waals surface area (Å²) in [4.78, 5) is 18.1. The molecule has 0 unspecified atom stereocenters. The van der Waals surface area contributed by atoms with E-state index >= 15 is 0 Å². The van der Waals surface area contributed by atoms with Crippen molar-refractivity contribution < 1.29 is 26.4 Å². The van der Waals surface area contributed by atoms with Crippen molar-refractivity contribution in [1.82, 2.24) is 30.2 Å². The standard InChI is InChI=1S/C19H19N7S.C5H8O2.Ni/c1-13(15-8-9-16(27-15)25-11-5-2-6-12-25)17-18(14-7-3-4-10-20-14)22-26-19(17)21-23-24-26;1-4(6)3-5(2)7;/h3-4,7-10H,2,5-6,11-12H2,1H3;3,6H,1-2H3;/q;;+2/p-1/b17-13+;4-3-;. The van der Waals surface area contributed by atoms with E-state index in [1.54, 1.807) is 6.20 Å². The second-order valence-electron chi connectivity index (χ2n) is 8.11. The molecule has 5 heterocycles. The predicted octanol–water partition coefficient (Wildman–Crippen LogP) is 2.41. The van der Waals surface area contributed by atoms with Gasteiger partial charge >= 0.3 is 16.5 Å². The molecule has 184 valence electrons. The molecular formula is C24H26N7NiO2S+. The average molecular weight is 535 g/mol. The first-order valence-corrected chi connectivity index (χ1v) is 12.0. The molecule has 1 saturated heterocycles. The van der Waals surface area contributed by atoms with Gasteiger partial charge in [0, 0.05) is 24.2 Å². The fourth-order valence-electron chi connectivity index (χ4n) is 3.90. The van der Waals surface area contributed by atoms with Crippen LogP contribution < -0.4 is 15.2 Å². The quantitative estimate of drug-likeness (QED) is 0.223. The molecule has 1 aliphatic heterocycles. The van der Waals surface area contributed by atoms with Gasteiger partial charge in [-0.1, -0.05) is 13.0 Å². The van der Waals surface area contributed by atoms with Gasteiger partial charge in [-0.25, -0.2) is 0 Å². The number of thiophene rings is 1. The number of hydrogen-bond acceptors (Lipinski definition) is 9. The summed E-state index contributed by atoms with van der Waals surface area (Å²) in [6, 6.07) is 10.2. The molecule has 0 amide bonds. The third kappa shape index (κ3) is 6.29. The summed E-state index contributed by atoms with van der Waals surface area (Å²) in [5.74, 6) is -0.375. The van der Waals surface area contributed by atoms with Crippen LogP contribution in [0.5, 0.6) is 0 Å². The first-order valence-electron chi connectivity index (χ1n) is 11.2. The third-order valence-electron chi connectivity index (χ3n) is 5.43. The van der Waals surface area contributed by atoms with Crippen LogP contribution in [0.25, 0.3) is 22.6 Å². The molecule has 4 aromatic heterocycles. The molecule has 11 heteroatoms. The summed E-state index contributed by atoms with van der Waals surface area (Å²) >= 11 is 1.82. The molecule has 4 aromatic rings. The molecule has 1 fully saturated rings. The second-order valence-corrected chi connectivity index (χ2v) is 9.17. The molecule has 0 atom stereocenters. The first-order chi connectivity index (χ1) is 16.4. The number of piperidine rings is 1. The van der Waals surface area contributed by atoms with Crippen LogP contribution >= 0.6 is 11.3 Å². The molecule has 5 rings (SSSR count). The van der Waals surface area contributed by atoms with Gasteiger partial charge in [0.05, 0.1) is 15.9 Å². The molecule has 0 bridgehead atoms. The molecule has 9 nitrogen and oxygen atoms in total. The van der Waals surface area contributed by atoms with E-state index in [2.05, 4.69) is 49.6 Å². The maximum Gasteiger partial charge on any atom is 2.00 e. The maximum atomic E-state index is 9.98. The number of aromatic nitrogens is 6. The molecule has 0 aliphatic carbocycles. The third-order valence-corrected chi connectivity index (χ3v) is 6.69. The molecule has 0 aromatic carbocycles. The first kappa shape index (κ1) is 26.4. The SMILES string of the molecule is C/C(c1ccc(N2CCCCC2)s1)=c1/c(-c2ccccn2)nn2nnnc12.CC(=O)/C=C(/C)[O-].[Ni+2]. The number of fused-ring (bicyclic) bond motifs is 1. The van der Waals surface area contributed by atoms with Crippen molar-refractivity contribution in [1.29, 1.82) is 0 Å². The van der Waals surface area contributed by atoms with E-state index in [1.807, 2.05) is 29.5 Å². The number of allylic oxidation sites excluding steroid dienone is 2. The van der Waals surface area contributed by atoms with Crippen molar-refractivity contribution in [2.24, 2.45) is 0 Å². The summed E-state index contributed by atoms with van der Waals surface area (Å²) in [7, 11) is 0. The minimum Gasteiger partial charge on any atom is -0.876 e. The smallest absolute Gasteiger partial charge is 0.876 e. The van der Waals surface area contributed by atoms with E-state index in [0.717, 1.165) is 41.3 Å². The van der Waals surface area contributed by atoms with E-state index < -0.39 is 0 Å². The Morgan fingerprint density at radius 3 is 2.49 bits per heavy atom. The summed E-state index contributed by atoms with van der Waals surface area (Å²) in [5.41, 5.74) is 3.40. The number of nitrogens with zero attached hydrogens (tertiary/aromatic N) is 7. The van der Waals surface area contributed by atoms with E-state index in [1.165, 1.54) is 47.6 Å². The summed E-state index contributed by atoms with van der Waals surface area (Å²) < 4.78 is 1.49. The Morgan fingerprint density at radius 1 is 1.09 bits per heavy atom. The van der Waals surface area contributed by atoms with Gasteiger partial charge in [-0.05, 0) is 79.5 Å². The minimum absolute atomic E-state index is 0. The molecular weight excluding hydrogens is 509 g/mol. The maximum absolute atomic E-state index is 9.98. The number of hydrogen-bond donors (Lipinski definition) is 0. The number of carbonyl (C=O) groups excluding carboxylic acids is 1. The molecule has 0 radical (unpaired) electrons. The molecule has 0 spiro atoms. The summed E-state index contributed by atoms with van der Waals surface area (Å²) in [5, 5.41) is 28.8. The molecule has 0 saturated carbocycles. The molecule has 0 N–H and O–H groups in total. The van der Waals surface area contributed by atoms with Crippen LogP contribution in [0, 0.1) is 0 Å². The predicted molar refractivity (Wildman–Crippen MR) is 130 cm³/mol. The number of tetrazole rings is 1. The van der Waals surface area contributed by atoms with Crippen molar-refractivity contribution in [3.8, 4) is 11.4 Å². The second kappa shape index (κ2) is 12.0. The van der Waals surface area contributed by atoms with E-state index in [9.17, 15) is 9.90 Å². The van der Waals surface area contributed by atoms with Gasteiger partial charge in [-0.2, -0.15) is 0 Å². The van der Waals surface area contributed by atoms with Crippen LogP contribution in [0.1, 0.15) is 44.9 Å². The van der Waals surface area contributed by atoms with Gasteiger partial charge in [0.2, 0.25) is 5.65 Å². The number of ketones is 1. The minimum atomic E-state index is -0.187. The van der Waals surface area contributed by atoms with Gasteiger partial charge in [0.1, 0.15) is 5.69 Å². The van der Waals surface area contributed by atoms with Crippen molar-refractivity contribution in [2.45, 2.75) is 40.0 Å². The van der Waals surface area contributed by atoms with Crippen LogP contribution in [0.4, 0.5) is 5.00 Å². The van der Waals surface area contributed by atoms with E-state index in [0.29, 0.717) is 5.65 Å². The van der Waals surface area contributed by atoms with Crippen molar-refractivity contribution in [3.05, 3.63) is 58.5 Å². The van der Waals surface area contributed by atoms with Gasteiger partial charge in [-0.3, -0.25) is 9.78 Å². The van der Waals surface area contributed by atoms with Crippen molar-refractivity contribution in [3.63, 3.8) is 0 Å². The topological polar surface area (TPSA) is 112 Å². The van der Waals surface area contributed by atoms with Gasteiger partial charge < -0.3 is 10.0 Å². The van der Waals surface area contributed by atoms with Crippen LogP contribution in [0.3, 0.4) is 0 Å². The Labute approximate surface area is 217 Å². The Hall–Kier alpha value is -3.17. The van der Waals surface area contributed by atoms with E-state index in [-0.39, 0.29) is 28.0 Å². The molecule has 35 heavy (non-hydrogen) atoms. The zero-order valence-electron chi connectivity index (χ0n) is 19.7. The largest absolute Gasteiger partial charge is 2.00 e.